The first kappa shape index (κ1) is 12.4. The van der Waals surface area contributed by atoms with E-state index < -0.39 is 0 Å². The molecule has 0 spiro atoms. The smallest absolute Gasteiger partial charge is 0.0619 e. The Morgan fingerprint density at radius 3 is 2.38 bits per heavy atom. The van der Waals surface area contributed by atoms with Gasteiger partial charge in [-0.25, -0.2) is 0 Å². The second-order valence-electron chi connectivity index (χ2n) is 5.84. The third kappa shape index (κ3) is 3.21. The normalized spacial score (nSPS) is 40.9. The summed E-state index contributed by atoms with van der Waals surface area (Å²) >= 11 is 0. The fourth-order valence-electron chi connectivity index (χ4n) is 3.24. The first-order valence-corrected chi connectivity index (χ1v) is 7.15. The third-order valence-electron chi connectivity index (χ3n) is 4.47. The van der Waals surface area contributed by atoms with E-state index in [1.54, 1.807) is 0 Å². The predicted octanol–water partition coefficient (Wildman–Crippen LogP) is 3.10. The largest absolute Gasteiger partial charge is 0.375 e. The van der Waals surface area contributed by atoms with Gasteiger partial charge in [-0.2, -0.15) is 0 Å². The molecule has 2 heteroatoms. The van der Waals surface area contributed by atoms with E-state index in [0.717, 1.165) is 12.5 Å². The highest BCUT2D eigenvalue weighted by molar-refractivity contribution is 4.79. The monoisotopic (exact) mass is 225 g/mol. The van der Waals surface area contributed by atoms with Gasteiger partial charge in [0.15, 0.2) is 0 Å². The molecular formula is C14H27NO. The summed E-state index contributed by atoms with van der Waals surface area (Å²) in [6.45, 7) is 3.17. The number of nitrogens with two attached hydrogens (primary N) is 1. The van der Waals surface area contributed by atoms with Crippen LogP contribution in [0.4, 0.5) is 0 Å². The van der Waals surface area contributed by atoms with Gasteiger partial charge in [0.2, 0.25) is 0 Å². The number of rotatable bonds is 3. The highest BCUT2D eigenvalue weighted by Gasteiger charge is 2.28. The van der Waals surface area contributed by atoms with E-state index in [2.05, 4.69) is 6.92 Å². The quantitative estimate of drug-likeness (QED) is 0.801. The number of hydrogen-bond acceptors (Lipinski definition) is 2. The average Bonchev–Trinajstić information content (AvgIpc) is 2.33. The molecule has 0 heterocycles. The molecule has 2 aliphatic carbocycles. The molecule has 2 saturated carbocycles. The van der Waals surface area contributed by atoms with Crippen LogP contribution in [-0.4, -0.2) is 18.8 Å². The molecule has 2 atom stereocenters. The van der Waals surface area contributed by atoms with Crippen molar-refractivity contribution in [2.75, 3.05) is 6.54 Å². The molecule has 0 aromatic heterocycles. The van der Waals surface area contributed by atoms with Gasteiger partial charge in [-0.3, -0.25) is 0 Å². The van der Waals surface area contributed by atoms with Gasteiger partial charge in [-0.15, -0.1) is 0 Å². The summed E-state index contributed by atoms with van der Waals surface area (Å²) in [6.07, 6.45) is 11.5. The minimum absolute atomic E-state index is 0.470. The standard InChI is InChI=1S/C14H27NO/c1-11-6-8-13(9-7-11)16-14-5-3-2-4-12(14)10-15/h11-14H,2-10,15H2,1H3. The average molecular weight is 225 g/mol. The SMILES string of the molecule is CC1CCC(OC2CCCCC2CN)CC1. The van der Waals surface area contributed by atoms with Gasteiger partial charge in [0.1, 0.15) is 0 Å². The Hall–Kier alpha value is -0.0800. The van der Waals surface area contributed by atoms with Gasteiger partial charge >= 0.3 is 0 Å². The Morgan fingerprint density at radius 2 is 1.69 bits per heavy atom. The minimum Gasteiger partial charge on any atom is -0.375 e. The Labute approximate surface area is 99.9 Å². The van der Waals surface area contributed by atoms with Crippen molar-refractivity contribution in [1.82, 2.24) is 0 Å². The van der Waals surface area contributed by atoms with Gasteiger partial charge < -0.3 is 10.5 Å². The lowest BCUT2D eigenvalue weighted by Crippen LogP contribution is -2.37. The Balaban J connectivity index is 1.78. The van der Waals surface area contributed by atoms with Gasteiger partial charge in [0.05, 0.1) is 12.2 Å². The molecule has 2 N–H and O–H groups in total. The molecule has 2 fully saturated rings. The lowest BCUT2D eigenvalue weighted by atomic mass is 9.85. The number of ether oxygens (including phenoxy) is 1. The van der Waals surface area contributed by atoms with Crippen molar-refractivity contribution in [2.24, 2.45) is 17.6 Å². The molecule has 16 heavy (non-hydrogen) atoms. The van der Waals surface area contributed by atoms with E-state index in [0.29, 0.717) is 18.1 Å². The van der Waals surface area contributed by atoms with Crippen LogP contribution in [0.5, 0.6) is 0 Å². The molecule has 2 unspecified atom stereocenters. The van der Waals surface area contributed by atoms with Crippen molar-refractivity contribution in [2.45, 2.75) is 70.5 Å². The molecule has 0 radical (unpaired) electrons. The Kier molecular flexibility index (Phi) is 4.66. The van der Waals surface area contributed by atoms with Crippen molar-refractivity contribution in [3.8, 4) is 0 Å². The first-order valence-electron chi connectivity index (χ1n) is 7.15. The summed E-state index contributed by atoms with van der Waals surface area (Å²) in [5, 5.41) is 0. The lowest BCUT2D eigenvalue weighted by Gasteiger charge is -2.36. The van der Waals surface area contributed by atoms with Gasteiger partial charge in [-0.05, 0) is 56.9 Å². The zero-order valence-corrected chi connectivity index (χ0v) is 10.7. The van der Waals surface area contributed by atoms with Crippen LogP contribution in [0.3, 0.4) is 0 Å². The molecule has 0 saturated heterocycles. The second-order valence-corrected chi connectivity index (χ2v) is 5.84. The third-order valence-corrected chi connectivity index (χ3v) is 4.47. The molecule has 0 amide bonds. The highest BCUT2D eigenvalue weighted by Crippen LogP contribution is 2.31. The fourth-order valence-corrected chi connectivity index (χ4v) is 3.24. The Morgan fingerprint density at radius 1 is 1.00 bits per heavy atom. The van der Waals surface area contributed by atoms with E-state index >= 15 is 0 Å². The van der Waals surface area contributed by atoms with Crippen molar-refractivity contribution >= 4 is 0 Å². The highest BCUT2D eigenvalue weighted by atomic mass is 16.5. The predicted molar refractivity (Wildman–Crippen MR) is 67.3 cm³/mol. The van der Waals surface area contributed by atoms with Crippen molar-refractivity contribution < 1.29 is 4.74 Å². The van der Waals surface area contributed by atoms with Crippen molar-refractivity contribution in [3.05, 3.63) is 0 Å². The van der Waals surface area contributed by atoms with E-state index in [4.69, 9.17) is 10.5 Å². The molecule has 0 bridgehead atoms. The molecule has 2 aliphatic rings. The lowest BCUT2D eigenvalue weighted by molar-refractivity contribution is -0.0740. The maximum Gasteiger partial charge on any atom is 0.0619 e. The fraction of sp³-hybridized carbons (Fsp3) is 1.00. The van der Waals surface area contributed by atoms with Gasteiger partial charge in [0, 0.05) is 0 Å². The zero-order chi connectivity index (χ0) is 11.4. The summed E-state index contributed by atoms with van der Waals surface area (Å²) in [7, 11) is 0. The van der Waals surface area contributed by atoms with Crippen LogP contribution in [0.1, 0.15) is 58.3 Å². The molecular weight excluding hydrogens is 198 g/mol. The van der Waals surface area contributed by atoms with Gasteiger partial charge in [0.25, 0.3) is 0 Å². The molecule has 2 nitrogen and oxygen atoms in total. The molecule has 0 aliphatic heterocycles. The van der Waals surface area contributed by atoms with E-state index in [-0.39, 0.29) is 0 Å². The van der Waals surface area contributed by atoms with E-state index in [1.165, 1.54) is 51.4 Å². The first-order chi connectivity index (χ1) is 7.79. The van der Waals surface area contributed by atoms with Crippen LogP contribution >= 0.6 is 0 Å². The molecule has 94 valence electrons. The van der Waals surface area contributed by atoms with E-state index in [9.17, 15) is 0 Å². The van der Waals surface area contributed by atoms with E-state index in [1.807, 2.05) is 0 Å². The maximum absolute atomic E-state index is 6.30. The van der Waals surface area contributed by atoms with Crippen LogP contribution in [-0.2, 0) is 4.74 Å². The van der Waals surface area contributed by atoms with Crippen LogP contribution in [0.2, 0.25) is 0 Å². The summed E-state index contributed by atoms with van der Waals surface area (Å²) in [5.74, 6) is 1.55. The summed E-state index contributed by atoms with van der Waals surface area (Å²) in [4.78, 5) is 0. The van der Waals surface area contributed by atoms with Crippen molar-refractivity contribution in [1.29, 1.82) is 0 Å². The molecule has 0 aromatic rings. The van der Waals surface area contributed by atoms with Crippen LogP contribution in [0.15, 0.2) is 0 Å². The summed E-state index contributed by atoms with van der Waals surface area (Å²) in [6, 6.07) is 0. The van der Waals surface area contributed by atoms with Gasteiger partial charge in [-0.1, -0.05) is 19.8 Å². The molecule has 0 aromatic carbocycles. The minimum atomic E-state index is 0.470. The maximum atomic E-state index is 6.30. The zero-order valence-electron chi connectivity index (χ0n) is 10.7. The van der Waals surface area contributed by atoms with Crippen LogP contribution in [0.25, 0.3) is 0 Å². The summed E-state index contributed by atoms with van der Waals surface area (Å²) < 4.78 is 6.30. The molecule has 2 rings (SSSR count). The van der Waals surface area contributed by atoms with Crippen LogP contribution < -0.4 is 5.73 Å². The topological polar surface area (TPSA) is 35.2 Å². The Bertz CT molecular complexity index is 199. The van der Waals surface area contributed by atoms with Crippen molar-refractivity contribution in [3.63, 3.8) is 0 Å². The number of hydrogen-bond donors (Lipinski definition) is 1. The second kappa shape index (κ2) is 6.02. The summed E-state index contributed by atoms with van der Waals surface area (Å²) in [5.41, 5.74) is 5.84. The van der Waals surface area contributed by atoms with Crippen LogP contribution in [0, 0.1) is 11.8 Å².